The smallest absolute Gasteiger partial charge is 0.338 e. The maximum absolute atomic E-state index is 12.4. The van der Waals surface area contributed by atoms with Crippen molar-refractivity contribution in [3.63, 3.8) is 0 Å². The highest BCUT2D eigenvalue weighted by molar-refractivity contribution is 8.01. The predicted octanol–water partition coefficient (Wildman–Crippen LogP) is 4.85. The lowest BCUT2D eigenvalue weighted by Gasteiger charge is -2.09. The van der Waals surface area contributed by atoms with Gasteiger partial charge in [0.2, 0.25) is 0 Å². The van der Waals surface area contributed by atoms with E-state index in [4.69, 9.17) is 4.74 Å². The molecular weight excluding hydrogens is 464 g/mol. The number of nitro groups is 1. The summed E-state index contributed by atoms with van der Waals surface area (Å²) in [6.07, 6.45) is 1.65. The van der Waals surface area contributed by atoms with Crippen molar-refractivity contribution in [1.82, 2.24) is 9.97 Å². The van der Waals surface area contributed by atoms with E-state index in [1.807, 2.05) is 24.4 Å². The molecule has 0 spiro atoms. The molecule has 0 aliphatic carbocycles. The van der Waals surface area contributed by atoms with Crippen LogP contribution in [0.4, 0.5) is 11.4 Å². The SMILES string of the molecule is Cc1csc(Sc2ccc(C(=O)OCC(=O)Nc3cccc4ncccc34)cc2[N+](=O)[O-])n1. The third-order valence-electron chi connectivity index (χ3n) is 4.44. The lowest BCUT2D eigenvalue weighted by atomic mass is 10.2. The van der Waals surface area contributed by atoms with E-state index in [9.17, 15) is 19.7 Å². The van der Waals surface area contributed by atoms with Crippen LogP contribution in [0.2, 0.25) is 0 Å². The topological polar surface area (TPSA) is 124 Å². The number of aromatic nitrogens is 2. The molecule has 4 rings (SSSR count). The first kappa shape index (κ1) is 22.4. The van der Waals surface area contributed by atoms with Crippen LogP contribution in [0, 0.1) is 17.0 Å². The van der Waals surface area contributed by atoms with Crippen LogP contribution < -0.4 is 5.32 Å². The molecule has 0 saturated carbocycles. The minimum atomic E-state index is -0.838. The lowest BCUT2D eigenvalue weighted by Crippen LogP contribution is -2.21. The third kappa shape index (κ3) is 5.33. The molecule has 2 heterocycles. The molecule has 0 radical (unpaired) electrons. The number of rotatable bonds is 7. The highest BCUT2D eigenvalue weighted by atomic mass is 32.2. The number of esters is 1. The van der Waals surface area contributed by atoms with Gasteiger partial charge >= 0.3 is 5.97 Å². The maximum Gasteiger partial charge on any atom is 0.338 e. The molecule has 0 aliphatic heterocycles. The van der Waals surface area contributed by atoms with Gasteiger partial charge in [-0.25, -0.2) is 9.78 Å². The van der Waals surface area contributed by atoms with Crippen LogP contribution in [0.5, 0.6) is 0 Å². The van der Waals surface area contributed by atoms with Crippen molar-refractivity contribution in [3.05, 3.63) is 81.5 Å². The third-order valence-corrected chi connectivity index (χ3v) is 6.56. The number of anilines is 1. The highest BCUT2D eigenvalue weighted by Gasteiger charge is 2.21. The normalized spacial score (nSPS) is 10.7. The number of thiazole rings is 1. The first-order valence-corrected chi connectivity index (χ1v) is 11.3. The first-order chi connectivity index (χ1) is 15.9. The summed E-state index contributed by atoms with van der Waals surface area (Å²) in [6, 6.07) is 12.9. The molecule has 0 aliphatic rings. The Morgan fingerprint density at radius 3 is 2.82 bits per heavy atom. The number of carbonyl (C=O) groups excluding carboxylic acids is 2. The zero-order chi connectivity index (χ0) is 23.4. The van der Waals surface area contributed by atoms with Crippen molar-refractivity contribution in [1.29, 1.82) is 0 Å². The van der Waals surface area contributed by atoms with E-state index in [1.165, 1.54) is 23.5 Å². The summed E-state index contributed by atoms with van der Waals surface area (Å²) < 4.78 is 5.72. The first-order valence-electron chi connectivity index (χ1n) is 9.60. The molecule has 1 N–H and O–H groups in total. The number of nitro benzene ring substituents is 1. The summed E-state index contributed by atoms with van der Waals surface area (Å²) in [5.74, 6) is -1.38. The van der Waals surface area contributed by atoms with Gasteiger partial charge in [-0.2, -0.15) is 0 Å². The number of nitrogens with one attached hydrogen (secondary N) is 1. The van der Waals surface area contributed by atoms with Crippen LogP contribution in [-0.4, -0.2) is 33.4 Å². The number of pyridine rings is 1. The number of hydrogen-bond donors (Lipinski definition) is 1. The Hall–Kier alpha value is -3.83. The van der Waals surface area contributed by atoms with Crippen molar-refractivity contribution in [2.24, 2.45) is 0 Å². The van der Waals surface area contributed by atoms with E-state index in [0.29, 0.717) is 20.4 Å². The number of aryl methyl sites for hydroxylation is 1. The summed E-state index contributed by atoms with van der Waals surface area (Å²) in [7, 11) is 0. The number of carbonyl (C=O) groups is 2. The standard InChI is InChI=1S/C22H16N4O5S2/c1-13-12-32-22(24-13)33-19-8-7-14(10-18(19)26(29)30)21(28)31-11-20(27)25-17-6-2-5-16-15(17)4-3-9-23-16/h2-10,12H,11H2,1H3,(H,25,27). The minimum Gasteiger partial charge on any atom is -0.452 e. The highest BCUT2D eigenvalue weighted by Crippen LogP contribution is 2.36. The number of hydrogen-bond acceptors (Lipinski definition) is 9. The number of nitrogens with zero attached hydrogens (tertiary/aromatic N) is 3. The largest absolute Gasteiger partial charge is 0.452 e. The second-order valence-corrected chi connectivity index (χ2v) is 8.94. The van der Waals surface area contributed by atoms with Crippen LogP contribution in [0.3, 0.4) is 0 Å². The summed E-state index contributed by atoms with van der Waals surface area (Å²) in [5.41, 5.74) is 1.81. The average Bonchev–Trinajstić information content (AvgIpc) is 3.22. The molecule has 9 nitrogen and oxygen atoms in total. The van der Waals surface area contributed by atoms with Crippen LogP contribution in [0.1, 0.15) is 16.1 Å². The van der Waals surface area contributed by atoms with E-state index in [2.05, 4.69) is 15.3 Å². The molecular formula is C22H16N4O5S2. The number of fused-ring (bicyclic) bond motifs is 1. The Morgan fingerprint density at radius 1 is 1.21 bits per heavy atom. The monoisotopic (exact) mass is 480 g/mol. The molecule has 0 bridgehead atoms. The Bertz CT molecular complexity index is 1370. The maximum atomic E-state index is 12.4. The Balaban J connectivity index is 1.43. The zero-order valence-corrected chi connectivity index (χ0v) is 18.8. The van der Waals surface area contributed by atoms with Gasteiger partial charge in [0.25, 0.3) is 11.6 Å². The fraction of sp³-hybridized carbons (Fsp3) is 0.0909. The molecule has 166 valence electrons. The van der Waals surface area contributed by atoms with Crippen molar-refractivity contribution in [3.8, 4) is 0 Å². The van der Waals surface area contributed by atoms with E-state index < -0.39 is 23.4 Å². The predicted molar refractivity (Wildman–Crippen MR) is 125 cm³/mol. The summed E-state index contributed by atoms with van der Waals surface area (Å²) in [4.78, 5) is 44.5. The van der Waals surface area contributed by atoms with E-state index in [1.54, 1.807) is 24.4 Å². The van der Waals surface area contributed by atoms with Crippen molar-refractivity contribution >= 4 is 57.3 Å². The van der Waals surface area contributed by atoms with Crippen molar-refractivity contribution in [2.45, 2.75) is 16.2 Å². The fourth-order valence-corrected chi connectivity index (χ4v) is 4.84. The summed E-state index contributed by atoms with van der Waals surface area (Å²) in [6.45, 7) is 1.29. The van der Waals surface area contributed by atoms with Gasteiger partial charge in [0.15, 0.2) is 10.9 Å². The van der Waals surface area contributed by atoms with Crippen LogP contribution in [0.25, 0.3) is 10.9 Å². The minimum absolute atomic E-state index is 0.0245. The number of benzene rings is 2. The lowest BCUT2D eigenvalue weighted by molar-refractivity contribution is -0.387. The van der Waals surface area contributed by atoms with E-state index >= 15 is 0 Å². The quantitative estimate of drug-likeness (QED) is 0.226. The summed E-state index contributed by atoms with van der Waals surface area (Å²) >= 11 is 2.53. The molecule has 33 heavy (non-hydrogen) atoms. The number of amides is 1. The molecule has 2 aromatic heterocycles. The van der Waals surface area contributed by atoms with Gasteiger partial charge in [-0.05, 0) is 43.3 Å². The van der Waals surface area contributed by atoms with Gasteiger partial charge in [-0.1, -0.05) is 17.8 Å². The molecule has 0 fully saturated rings. The Kier molecular flexibility index (Phi) is 6.61. The molecule has 11 heteroatoms. The molecule has 1 amide bonds. The fourth-order valence-electron chi connectivity index (χ4n) is 2.96. The van der Waals surface area contributed by atoms with Gasteiger partial charge in [0, 0.05) is 28.7 Å². The molecule has 4 aromatic rings. The van der Waals surface area contributed by atoms with Gasteiger partial charge < -0.3 is 10.1 Å². The van der Waals surface area contributed by atoms with E-state index in [0.717, 1.165) is 28.9 Å². The van der Waals surface area contributed by atoms with Gasteiger partial charge in [-0.15, -0.1) is 11.3 Å². The Labute approximate surface area is 196 Å². The van der Waals surface area contributed by atoms with Gasteiger partial charge in [0.05, 0.1) is 26.6 Å². The van der Waals surface area contributed by atoms with Gasteiger partial charge in [0.1, 0.15) is 0 Å². The second kappa shape index (κ2) is 9.76. The van der Waals surface area contributed by atoms with Crippen LogP contribution in [0.15, 0.2) is 69.3 Å². The van der Waals surface area contributed by atoms with E-state index in [-0.39, 0.29) is 11.3 Å². The van der Waals surface area contributed by atoms with Crippen LogP contribution >= 0.6 is 23.1 Å². The summed E-state index contributed by atoms with van der Waals surface area (Å²) in [5, 5.41) is 16.8. The van der Waals surface area contributed by atoms with Gasteiger partial charge in [-0.3, -0.25) is 19.9 Å². The zero-order valence-electron chi connectivity index (χ0n) is 17.2. The number of ether oxygens (including phenoxy) is 1. The molecule has 0 saturated heterocycles. The van der Waals surface area contributed by atoms with Crippen molar-refractivity contribution < 1.29 is 19.2 Å². The molecule has 2 aromatic carbocycles. The molecule has 0 unspecified atom stereocenters. The second-order valence-electron chi connectivity index (χ2n) is 6.80. The Morgan fingerprint density at radius 2 is 2.06 bits per heavy atom. The average molecular weight is 481 g/mol. The van der Waals surface area contributed by atoms with Crippen molar-refractivity contribution in [2.75, 3.05) is 11.9 Å². The van der Waals surface area contributed by atoms with Crippen LogP contribution in [-0.2, 0) is 9.53 Å². The molecule has 0 atom stereocenters.